The molecule has 0 bridgehead atoms. The van der Waals surface area contributed by atoms with Crippen LogP contribution in [0.1, 0.15) is 0 Å². The smallest absolute Gasteiger partial charge is 0.323 e. The van der Waals surface area contributed by atoms with Gasteiger partial charge in [0.1, 0.15) is 10.6 Å². The van der Waals surface area contributed by atoms with Crippen molar-refractivity contribution < 1.29 is 4.74 Å². The Kier molecular flexibility index (Phi) is 2.77. The number of ether oxygens (including phenoxy) is 1. The van der Waals surface area contributed by atoms with E-state index in [4.69, 9.17) is 22.1 Å². The first kappa shape index (κ1) is 11.3. The summed E-state index contributed by atoms with van der Waals surface area (Å²) in [6, 6.07) is 7.27. The molecule has 6 heteroatoms. The molecule has 0 fully saturated rings. The van der Waals surface area contributed by atoms with E-state index in [1.165, 1.54) is 11.3 Å². The Hall–Kier alpha value is -1.85. The Morgan fingerprint density at radius 3 is 3.00 bits per heavy atom. The topological polar surface area (TPSA) is 61.0 Å². The number of nitrogens with zero attached hydrogens (tertiary/aromatic N) is 2. The minimum atomic E-state index is 0.275. The van der Waals surface area contributed by atoms with Gasteiger partial charge in [0.15, 0.2) is 0 Å². The van der Waals surface area contributed by atoms with E-state index in [0.717, 1.165) is 10.2 Å². The van der Waals surface area contributed by atoms with Gasteiger partial charge in [-0.2, -0.15) is 4.98 Å². The Bertz CT molecular complexity index is 713. The fraction of sp³-hybridized carbons (Fsp3) is 0. The van der Waals surface area contributed by atoms with Crippen LogP contribution in [-0.2, 0) is 0 Å². The number of anilines is 1. The zero-order valence-electron chi connectivity index (χ0n) is 9.13. The van der Waals surface area contributed by atoms with E-state index >= 15 is 0 Å². The van der Waals surface area contributed by atoms with Crippen LogP contribution in [0, 0.1) is 0 Å². The summed E-state index contributed by atoms with van der Waals surface area (Å²) in [6.45, 7) is 0. The van der Waals surface area contributed by atoms with Gasteiger partial charge in [-0.15, -0.1) is 11.3 Å². The van der Waals surface area contributed by atoms with Crippen molar-refractivity contribution >= 4 is 38.8 Å². The Balaban J connectivity index is 1.95. The molecule has 2 N–H and O–H groups in total. The molecule has 0 radical (unpaired) electrons. The van der Waals surface area contributed by atoms with E-state index in [-0.39, 0.29) is 6.01 Å². The fourth-order valence-corrected chi connectivity index (χ4v) is 2.45. The zero-order valence-corrected chi connectivity index (χ0v) is 10.7. The molecule has 0 unspecified atom stereocenters. The molecule has 1 aromatic carbocycles. The number of nitrogens with two attached hydrogens (primary N) is 1. The molecule has 3 aromatic rings. The minimum absolute atomic E-state index is 0.275. The maximum absolute atomic E-state index is 6.02. The SMILES string of the molecule is Nc1ccc(Oc2ncc3ccsc3n2)c(Cl)c1. The van der Waals surface area contributed by atoms with E-state index in [0.29, 0.717) is 16.5 Å². The van der Waals surface area contributed by atoms with Crippen LogP contribution >= 0.6 is 22.9 Å². The molecule has 0 aliphatic rings. The lowest BCUT2D eigenvalue weighted by atomic mass is 10.3. The lowest BCUT2D eigenvalue weighted by Gasteiger charge is -2.05. The van der Waals surface area contributed by atoms with E-state index < -0.39 is 0 Å². The molecular weight excluding hydrogens is 270 g/mol. The number of hydrogen-bond acceptors (Lipinski definition) is 5. The van der Waals surface area contributed by atoms with Gasteiger partial charge in [-0.3, -0.25) is 0 Å². The van der Waals surface area contributed by atoms with Crippen molar-refractivity contribution in [1.82, 2.24) is 9.97 Å². The van der Waals surface area contributed by atoms with Gasteiger partial charge in [0.2, 0.25) is 0 Å². The molecule has 0 amide bonds. The minimum Gasteiger partial charge on any atom is -0.423 e. The number of rotatable bonds is 2. The average molecular weight is 278 g/mol. The first-order valence-corrected chi connectivity index (χ1v) is 6.41. The van der Waals surface area contributed by atoms with E-state index in [1.54, 1.807) is 24.4 Å². The second-order valence-corrected chi connectivity index (χ2v) is 4.93. The first-order chi connectivity index (χ1) is 8.72. The summed E-state index contributed by atoms with van der Waals surface area (Å²) in [4.78, 5) is 9.29. The van der Waals surface area contributed by atoms with Crippen LogP contribution in [0.5, 0.6) is 11.8 Å². The number of thiophene rings is 1. The van der Waals surface area contributed by atoms with Crippen molar-refractivity contribution in [3.05, 3.63) is 40.9 Å². The predicted molar refractivity (Wildman–Crippen MR) is 73.4 cm³/mol. The van der Waals surface area contributed by atoms with Crippen LogP contribution in [0.25, 0.3) is 10.2 Å². The van der Waals surface area contributed by atoms with Gasteiger partial charge in [-0.1, -0.05) is 11.6 Å². The van der Waals surface area contributed by atoms with Gasteiger partial charge >= 0.3 is 6.01 Å². The third-order valence-electron chi connectivity index (χ3n) is 2.34. The zero-order chi connectivity index (χ0) is 12.5. The van der Waals surface area contributed by atoms with Gasteiger partial charge in [-0.05, 0) is 29.6 Å². The molecule has 0 aliphatic carbocycles. The molecule has 0 saturated carbocycles. The molecule has 2 heterocycles. The highest BCUT2D eigenvalue weighted by molar-refractivity contribution is 7.16. The Labute approximate surface area is 112 Å². The van der Waals surface area contributed by atoms with Crippen LogP contribution in [0.4, 0.5) is 5.69 Å². The van der Waals surface area contributed by atoms with Gasteiger partial charge in [-0.25, -0.2) is 4.98 Å². The molecule has 4 nitrogen and oxygen atoms in total. The highest BCUT2D eigenvalue weighted by Gasteiger charge is 2.07. The molecule has 2 aromatic heterocycles. The normalized spacial score (nSPS) is 10.7. The molecule has 0 atom stereocenters. The third kappa shape index (κ3) is 2.10. The number of aromatic nitrogens is 2. The molecule has 0 saturated heterocycles. The van der Waals surface area contributed by atoms with Crippen LogP contribution < -0.4 is 10.5 Å². The largest absolute Gasteiger partial charge is 0.423 e. The van der Waals surface area contributed by atoms with Crippen LogP contribution in [-0.4, -0.2) is 9.97 Å². The summed E-state index contributed by atoms with van der Waals surface area (Å²) in [5.74, 6) is 0.488. The first-order valence-electron chi connectivity index (χ1n) is 5.15. The fourth-order valence-electron chi connectivity index (χ4n) is 1.49. The van der Waals surface area contributed by atoms with Crippen molar-refractivity contribution in [2.45, 2.75) is 0 Å². The van der Waals surface area contributed by atoms with Crippen LogP contribution in [0.15, 0.2) is 35.8 Å². The molecule has 90 valence electrons. The number of benzene rings is 1. The molecule has 0 aliphatic heterocycles. The maximum Gasteiger partial charge on any atom is 0.323 e. The number of nitrogen functional groups attached to an aromatic ring is 1. The summed E-state index contributed by atoms with van der Waals surface area (Å²) in [7, 11) is 0. The second-order valence-electron chi connectivity index (χ2n) is 3.63. The lowest BCUT2D eigenvalue weighted by Crippen LogP contribution is -1.92. The average Bonchev–Trinajstić information content (AvgIpc) is 2.80. The summed E-state index contributed by atoms with van der Waals surface area (Å²) in [5, 5.41) is 3.39. The lowest BCUT2D eigenvalue weighted by molar-refractivity contribution is 0.445. The number of halogens is 1. The van der Waals surface area contributed by atoms with Gasteiger partial charge in [0.25, 0.3) is 0 Å². The summed E-state index contributed by atoms with van der Waals surface area (Å²) < 4.78 is 5.54. The number of fused-ring (bicyclic) bond motifs is 1. The van der Waals surface area contributed by atoms with Crippen LogP contribution in [0.2, 0.25) is 5.02 Å². The predicted octanol–water partition coefficient (Wildman–Crippen LogP) is 3.72. The molecule has 18 heavy (non-hydrogen) atoms. The van der Waals surface area contributed by atoms with Crippen molar-refractivity contribution in [2.24, 2.45) is 0 Å². The molecule has 3 rings (SSSR count). The van der Waals surface area contributed by atoms with Crippen molar-refractivity contribution in [3.63, 3.8) is 0 Å². The quantitative estimate of drug-likeness (QED) is 0.725. The summed E-state index contributed by atoms with van der Waals surface area (Å²) >= 11 is 7.55. The highest BCUT2D eigenvalue weighted by Crippen LogP contribution is 2.30. The molecular formula is C12H8ClN3OS. The Morgan fingerprint density at radius 2 is 2.17 bits per heavy atom. The third-order valence-corrected chi connectivity index (χ3v) is 3.46. The highest BCUT2D eigenvalue weighted by atomic mass is 35.5. The van der Waals surface area contributed by atoms with E-state index in [9.17, 15) is 0 Å². The monoisotopic (exact) mass is 277 g/mol. The Morgan fingerprint density at radius 1 is 1.28 bits per heavy atom. The van der Waals surface area contributed by atoms with Gasteiger partial charge in [0, 0.05) is 17.3 Å². The molecule has 0 spiro atoms. The van der Waals surface area contributed by atoms with Crippen molar-refractivity contribution in [3.8, 4) is 11.8 Å². The summed E-state index contributed by atoms with van der Waals surface area (Å²) in [5.41, 5.74) is 6.20. The standard InChI is InChI=1S/C12H8ClN3OS/c13-9-5-8(14)1-2-10(9)17-12-15-6-7-3-4-18-11(7)16-12/h1-6H,14H2. The summed E-state index contributed by atoms with van der Waals surface area (Å²) in [6.07, 6.45) is 1.72. The van der Waals surface area contributed by atoms with Crippen molar-refractivity contribution in [2.75, 3.05) is 5.73 Å². The van der Waals surface area contributed by atoms with Gasteiger partial charge in [0.05, 0.1) is 5.02 Å². The van der Waals surface area contributed by atoms with Gasteiger partial charge < -0.3 is 10.5 Å². The van der Waals surface area contributed by atoms with E-state index in [2.05, 4.69) is 9.97 Å². The maximum atomic E-state index is 6.02. The second kappa shape index (κ2) is 4.44. The van der Waals surface area contributed by atoms with Crippen molar-refractivity contribution in [1.29, 1.82) is 0 Å². The van der Waals surface area contributed by atoms with Crippen LogP contribution in [0.3, 0.4) is 0 Å². The van der Waals surface area contributed by atoms with E-state index in [1.807, 2.05) is 11.4 Å². The number of hydrogen-bond donors (Lipinski definition) is 1.